The highest BCUT2D eigenvalue weighted by molar-refractivity contribution is 5.78. The van der Waals surface area contributed by atoms with Crippen LogP contribution >= 0.6 is 0 Å². The predicted octanol–water partition coefficient (Wildman–Crippen LogP) is 4.59. The minimum atomic E-state index is -0.745. The maximum Gasteiger partial charge on any atom is 0.314 e. The third-order valence-electron chi connectivity index (χ3n) is 4.56. The molecule has 0 aromatic carbocycles. The second-order valence-corrected chi connectivity index (χ2v) is 5.97. The third kappa shape index (κ3) is 4.70. The quantitative estimate of drug-likeness (QED) is 0.600. The number of hydrogen-bond acceptors (Lipinski definition) is 2. The van der Waals surface area contributed by atoms with Crippen molar-refractivity contribution in [2.45, 2.75) is 58.8 Å². The summed E-state index contributed by atoms with van der Waals surface area (Å²) in [7, 11) is 1.67. The van der Waals surface area contributed by atoms with Crippen LogP contribution in [0.4, 0.5) is 0 Å². The SMILES string of the molecule is CCCCCCC1(C(=O)O)C=CC(CC)=CC1CCOC. The zero-order valence-electron chi connectivity index (χ0n) is 13.7. The molecule has 0 aromatic rings. The summed E-state index contributed by atoms with van der Waals surface area (Å²) in [6, 6.07) is 0. The van der Waals surface area contributed by atoms with Crippen molar-refractivity contribution in [1.29, 1.82) is 0 Å². The number of hydrogen-bond donors (Lipinski definition) is 1. The Morgan fingerprint density at radius 2 is 2.10 bits per heavy atom. The Balaban J connectivity index is 2.88. The Kier molecular flexibility index (Phi) is 7.73. The molecule has 21 heavy (non-hydrogen) atoms. The Bertz CT molecular complexity index is 384. The van der Waals surface area contributed by atoms with Crippen LogP contribution in [-0.2, 0) is 9.53 Å². The van der Waals surface area contributed by atoms with Crippen molar-refractivity contribution in [1.82, 2.24) is 0 Å². The zero-order valence-corrected chi connectivity index (χ0v) is 13.7. The summed E-state index contributed by atoms with van der Waals surface area (Å²) < 4.78 is 5.18. The summed E-state index contributed by atoms with van der Waals surface area (Å²) in [4.78, 5) is 12.0. The summed E-state index contributed by atoms with van der Waals surface area (Å²) in [6.45, 7) is 4.89. The molecule has 120 valence electrons. The van der Waals surface area contributed by atoms with Gasteiger partial charge in [-0.1, -0.05) is 63.3 Å². The Hall–Kier alpha value is -1.09. The second-order valence-electron chi connectivity index (χ2n) is 5.97. The van der Waals surface area contributed by atoms with Gasteiger partial charge in [0, 0.05) is 13.7 Å². The first-order valence-corrected chi connectivity index (χ1v) is 8.23. The van der Waals surface area contributed by atoms with Crippen molar-refractivity contribution in [3.8, 4) is 0 Å². The molecule has 0 saturated heterocycles. The van der Waals surface area contributed by atoms with E-state index in [1.807, 2.05) is 12.2 Å². The molecular formula is C18H30O3. The summed E-state index contributed by atoms with van der Waals surface area (Å²) in [5.41, 5.74) is 0.492. The van der Waals surface area contributed by atoms with Crippen LogP contribution in [0.2, 0.25) is 0 Å². The van der Waals surface area contributed by atoms with Crippen LogP contribution in [0.5, 0.6) is 0 Å². The molecule has 3 heteroatoms. The number of unbranched alkanes of at least 4 members (excludes halogenated alkanes) is 3. The van der Waals surface area contributed by atoms with Gasteiger partial charge in [0.05, 0.1) is 5.41 Å². The van der Waals surface area contributed by atoms with E-state index in [1.165, 1.54) is 18.4 Å². The van der Waals surface area contributed by atoms with Crippen molar-refractivity contribution in [2.24, 2.45) is 11.3 Å². The molecule has 1 rings (SSSR count). The van der Waals surface area contributed by atoms with Crippen LogP contribution < -0.4 is 0 Å². The highest BCUT2D eigenvalue weighted by atomic mass is 16.5. The molecule has 0 amide bonds. The van der Waals surface area contributed by atoms with Gasteiger partial charge in [-0.25, -0.2) is 0 Å². The van der Waals surface area contributed by atoms with Crippen LogP contribution in [0.25, 0.3) is 0 Å². The van der Waals surface area contributed by atoms with E-state index in [9.17, 15) is 9.90 Å². The van der Waals surface area contributed by atoms with E-state index < -0.39 is 11.4 Å². The number of carbonyl (C=O) groups is 1. The Morgan fingerprint density at radius 1 is 1.33 bits per heavy atom. The first-order valence-electron chi connectivity index (χ1n) is 8.23. The van der Waals surface area contributed by atoms with Gasteiger partial charge in [-0.15, -0.1) is 0 Å². The molecule has 1 aliphatic rings. The van der Waals surface area contributed by atoms with E-state index in [4.69, 9.17) is 4.74 Å². The molecule has 0 aliphatic heterocycles. The number of rotatable bonds is 10. The van der Waals surface area contributed by atoms with Crippen LogP contribution in [0.15, 0.2) is 23.8 Å². The number of carboxylic acids is 1. The molecule has 0 saturated carbocycles. The second kappa shape index (κ2) is 9.04. The van der Waals surface area contributed by atoms with E-state index in [-0.39, 0.29) is 5.92 Å². The largest absolute Gasteiger partial charge is 0.481 e. The van der Waals surface area contributed by atoms with Crippen LogP contribution in [0.3, 0.4) is 0 Å². The normalized spacial score (nSPS) is 24.9. The van der Waals surface area contributed by atoms with Gasteiger partial charge in [-0.05, 0) is 25.2 Å². The molecule has 0 radical (unpaired) electrons. The fourth-order valence-electron chi connectivity index (χ4n) is 3.11. The molecule has 1 aliphatic carbocycles. The summed E-state index contributed by atoms with van der Waals surface area (Å²) in [6.07, 6.45) is 13.0. The summed E-state index contributed by atoms with van der Waals surface area (Å²) in [5, 5.41) is 9.85. The predicted molar refractivity (Wildman–Crippen MR) is 86.3 cm³/mol. The van der Waals surface area contributed by atoms with Crippen molar-refractivity contribution in [2.75, 3.05) is 13.7 Å². The highest BCUT2D eigenvalue weighted by Crippen LogP contribution is 2.42. The Labute approximate surface area is 129 Å². The highest BCUT2D eigenvalue weighted by Gasteiger charge is 2.43. The number of methoxy groups -OCH3 is 1. The van der Waals surface area contributed by atoms with Gasteiger partial charge < -0.3 is 9.84 Å². The minimum Gasteiger partial charge on any atom is -0.481 e. The summed E-state index contributed by atoms with van der Waals surface area (Å²) >= 11 is 0. The molecular weight excluding hydrogens is 264 g/mol. The van der Waals surface area contributed by atoms with E-state index in [0.717, 1.165) is 32.1 Å². The lowest BCUT2D eigenvalue weighted by atomic mass is 9.67. The zero-order chi connectivity index (χ0) is 15.7. The fraction of sp³-hybridized carbons (Fsp3) is 0.722. The van der Waals surface area contributed by atoms with Gasteiger partial charge in [0.15, 0.2) is 0 Å². The van der Waals surface area contributed by atoms with Gasteiger partial charge in [0.1, 0.15) is 0 Å². The van der Waals surface area contributed by atoms with Crippen molar-refractivity contribution < 1.29 is 14.6 Å². The summed E-state index contributed by atoms with van der Waals surface area (Å²) in [5.74, 6) is -0.653. The van der Waals surface area contributed by atoms with E-state index in [2.05, 4.69) is 19.9 Å². The van der Waals surface area contributed by atoms with Crippen LogP contribution in [0.1, 0.15) is 58.8 Å². The van der Waals surface area contributed by atoms with Crippen molar-refractivity contribution >= 4 is 5.97 Å². The van der Waals surface area contributed by atoms with E-state index in [1.54, 1.807) is 7.11 Å². The number of carboxylic acid groups (broad SMARTS) is 1. The molecule has 2 atom stereocenters. The molecule has 0 bridgehead atoms. The first kappa shape index (κ1) is 18.0. The van der Waals surface area contributed by atoms with E-state index in [0.29, 0.717) is 6.61 Å². The smallest absolute Gasteiger partial charge is 0.314 e. The molecule has 0 heterocycles. The van der Waals surface area contributed by atoms with Crippen molar-refractivity contribution in [3.05, 3.63) is 23.8 Å². The lowest BCUT2D eigenvalue weighted by Gasteiger charge is -2.36. The van der Waals surface area contributed by atoms with Gasteiger partial charge in [-0.2, -0.15) is 0 Å². The van der Waals surface area contributed by atoms with Gasteiger partial charge in [0.25, 0.3) is 0 Å². The monoisotopic (exact) mass is 294 g/mol. The lowest BCUT2D eigenvalue weighted by Crippen LogP contribution is -2.38. The fourth-order valence-corrected chi connectivity index (χ4v) is 3.11. The minimum absolute atomic E-state index is 0.0385. The molecule has 3 nitrogen and oxygen atoms in total. The lowest BCUT2D eigenvalue weighted by molar-refractivity contribution is -0.149. The molecule has 2 unspecified atom stereocenters. The van der Waals surface area contributed by atoms with Gasteiger partial charge in [-0.3, -0.25) is 4.79 Å². The topological polar surface area (TPSA) is 46.5 Å². The average molecular weight is 294 g/mol. The molecule has 0 aromatic heterocycles. The number of allylic oxidation sites excluding steroid dienone is 3. The molecule has 1 N–H and O–H groups in total. The standard InChI is InChI=1S/C18H30O3/c1-4-6-7-8-11-18(17(19)20)12-9-15(5-2)14-16(18)10-13-21-3/h9,12,14,16H,4-8,10-11,13H2,1-3H3,(H,19,20). The third-order valence-corrected chi connectivity index (χ3v) is 4.56. The molecule has 0 fully saturated rings. The maximum atomic E-state index is 12.0. The first-order chi connectivity index (χ1) is 10.1. The van der Waals surface area contributed by atoms with Gasteiger partial charge >= 0.3 is 5.97 Å². The average Bonchev–Trinajstić information content (AvgIpc) is 2.49. The van der Waals surface area contributed by atoms with Crippen LogP contribution in [0, 0.1) is 11.3 Å². The number of ether oxygens (including phenoxy) is 1. The van der Waals surface area contributed by atoms with Gasteiger partial charge in [0.2, 0.25) is 0 Å². The molecule has 0 spiro atoms. The Morgan fingerprint density at radius 3 is 2.67 bits per heavy atom. The van der Waals surface area contributed by atoms with E-state index >= 15 is 0 Å². The number of aliphatic carboxylic acids is 1. The van der Waals surface area contributed by atoms with Crippen LogP contribution in [-0.4, -0.2) is 24.8 Å². The maximum absolute atomic E-state index is 12.0. The van der Waals surface area contributed by atoms with Crippen molar-refractivity contribution in [3.63, 3.8) is 0 Å².